The van der Waals surface area contributed by atoms with Crippen LogP contribution in [0.1, 0.15) is 16.7 Å². The molecule has 5 nitrogen and oxygen atoms in total. The standard InChI is InChI=1S/C25H20BrFN2O3/c1-16-7-3-6-10-22(16)29-25(30)19(14-28)11-18-12-23(31-2)24(13-20(18)26)32-15-17-8-4-5-9-21(17)27/h3-13H,15H2,1-2H3,(H,29,30)/b19-11-. The van der Waals surface area contributed by atoms with Crippen molar-refractivity contribution in [3.8, 4) is 17.6 Å². The number of hydrogen-bond donors (Lipinski definition) is 1. The van der Waals surface area contributed by atoms with E-state index in [4.69, 9.17) is 9.47 Å². The lowest BCUT2D eigenvalue weighted by molar-refractivity contribution is -0.112. The summed E-state index contributed by atoms with van der Waals surface area (Å²) in [5, 5.41) is 12.3. The summed E-state index contributed by atoms with van der Waals surface area (Å²) in [6.07, 6.45) is 1.46. The number of nitrogens with one attached hydrogen (secondary N) is 1. The maximum absolute atomic E-state index is 13.9. The van der Waals surface area contributed by atoms with Crippen LogP contribution in [0.4, 0.5) is 10.1 Å². The normalized spacial score (nSPS) is 10.9. The van der Waals surface area contributed by atoms with Crippen molar-refractivity contribution in [3.05, 3.63) is 93.2 Å². The van der Waals surface area contributed by atoms with E-state index in [1.807, 2.05) is 25.1 Å². The minimum atomic E-state index is -0.521. The highest BCUT2D eigenvalue weighted by Gasteiger charge is 2.15. The largest absolute Gasteiger partial charge is 0.493 e. The first-order valence-electron chi connectivity index (χ1n) is 9.65. The smallest absolute Gasteiger partial charge is 0.266 e. The third kappa shape index (κ3) is 5.54. The zero-order valence-corrected chi connectivity index (χ0v) is 19.1. The second-order valence-electron chi connectivity index (χ2n) is 6.84. The van der Waals surface area contributed by atoms with Gasteiger partial charge in [-0.25, -0.2) is 4.39 Å². The van der Waals surface area contributed by atoms with Crippen molar-refractivity contribution in [1.82, 2.24) is 0 Å². The Hall–Kier alpha value is -3.63. The molecule has 3 aromatic rings. The highest BCUT2D eigenvalue weighted by atomic mass is 79.9. The van der Waals surface area contributed by atoms with Crippen LogP contribution in [-0.4, -0.2) is 13.0 Å². The summed E-state index contributed by atoms with van der Waals surface area (Å²) < 4.78 is 25.6. The van der Waals surface area contributed by atoms with Crippen LogP contribution in [0.5, 0.6) is 11.5 Å². The van der Waals surface area contributed by atoms with Gasteiger partial charge in [-0.05, 0) is 48.4 Å². The Morgan fingerprint density at radius 1 is 1.16 bits per heavy atom. The molecular weight excluding hydrogens is 475 g/mol. The molecule has 0 fully saturated rings. The molecule has 7 heteroatoms. The van der Waals surface area contributed by atoms with Crippen LogP contribution in [-0.2, 0) is 11.4 Å². The number of aryl methyl sites for hydroxylation is 1. The molecule has 0 atom stereocenters. The molecule has 0 heterocycles. The number of nitriles is 1. The topological polar surface area (TPSA) is 71.3 Å². The molecule has 3 rings (SSSR count). The van der Waals surface area contributed by atoms with E-state index in [0.29, 0.717) is 32.8 Å². The van der Waals surface area contributed by atoms with E-state index in [-0.39, 0.29) is 18.0 Å². The van der Waals surface area contributed by atoms with Crippen LogP contribution < -0.4 is 14.8 Å². The van der Waals surface area contributed by atoms with E-state index >= 15 is 0 Å². The average molecular weight is 495 g/mol. The fourth-order valence-electron chi connectivity index (χ4n) is 2.91. The summed E-state index contributed by atoms with van der Waals surface area (Å²) in [6.45, 7) is 1.89. The molecule has 1 N–H and O–H groups in total. The predicted octanol–water partition coefficient (Wildman–Crippen LogP) is 6.03. The number of hydrogen-bond acceptors (Lipinski definition) is 4. The van der Waals surface area contributed by atoms with Crippen molar-refractivity contribution in [1.29, 1.82) is 5.26 Å². The summed E-state index contributed by atoms with van der Waals surface area (Å²) in [7, 11) is 1.47. The van der Waals surface area contributed by atoms with Gasteiger partial charge in [-0.15, -0.1) is 0 Å². The molecule has 0 unspecified atom stereocenters. The lowest BCUT2D eigenvalue weighted by Gasteiger charge is -2.13. The monoisotopic (exact) mass is 494 g/mol. The number of rotatable bonds is 7. The van der Waals surface area contributed by atoms with Crippen molar-refractivity contribution in [3.63, 3.8) is 0 Å². The molecule has 3 aromatic carbocycles. The van der Waals surface area contributed by atoms with E-state index in [1.54, 1.807) is 42.5 Å². The Morgan fingerprint density at radius 3 is 2.56 bits per heavy atom. The van der Waals surface area contributed by atoms with Gasteiger partial charge < -0.3 is 14.8 Å². The fourth-order valence-corrected chi connectivity index (χ4v) is 3.35. The first-order chi connectivity index (χ1) is 15.4. The van der Waals surface area contributed by atoms with Gasteiger partial charge in [-0.3, -0.25) is 4.79 Å². The van der Waals surface area contributed by atoms with Gasteiger partial charge in [0.15, 0.2) is 11.5 Å². The van der Waals surface area contributed by atoms with Crippen molar-refractivity contribution in [2.24, 2.45) is 0 Å². The summed E-state index contributed by atoms with van der Waals surface area (Å²) in [6, 6.07) is 18.9. The number of halogens is 2. The molecule has 162 valence electrons. The van der Waals surface area contributed by atoms with Crippen molar-refractivity contribution < 1.29 is 18.7 Å². The molecule has 0 aliphatic heterocycles. The van der Waals surface area contributed by atoms with Gasteiger partial charge >= 0.3 is 0 Å². The number of carbonyl (C=O) groups is 1. The van der Waals surface area contributed by atoms with Crippen molar-refractivity contribution in [2.45, 2.75) is 13.5 Å². The van der Waals surface area contributed by atoms with Crippen LogP contribution in [0.2, 0.25) is 0 Å². The molecule has 0 saturated heterocycles. The summed E-state index contributed by atoms with van der Waals surface area (Å²) in [5.41, 5.74) is 2.41. The van der Waals surface area contributed by atoms with E-state index in [0.717, 1.165) is 5.56 Å². The Balaban J connectivity index is 1.84. The quantitative estimate of drug-likeness (QED) is 0.321. The molecule has 0 spiro atoms. The first-order valence-corrected chi connectivity index (χ1v) is 10.4. The third-order valence-corrected chi connectivity index (χ3v) is 5.37. The molecular formula is C25H20BrFN2O3. The lowest BCUT2D eigenvalue weighted by Crippen LogP contribution is -2.14. The second-order valence-corrected chi connectivity index (χ2v) is 7.70. The summed E-state index contributed by atoms with van der Waals surface area (Å²) in [5.74, 6) is -0.106. The van der Waals surface area contributed by atoms with E-state index < -0.39 is 5.91 Å². The highest BCUT2D eigenvalue weighted by Crippen LogP contribution is 2.35. The highest BCUT2D eigenvalue weighted by molar-refractivity contribution is 9.10. The first kappa shape index (κ1) is 23.0. The molecule has 1 amide bonds. The van der Waals surface area contributed by atoms with Gasteiger partial charge in [0.25, 0.3) is 5.91 Å². The van der Waals surface area contributed by atoms with E-state index in [1.165, 1.54) is 19.3 Å². The fraction of sp³-hybridized carbons (Fsp3) is 0.120. The van der Waals surface area contributed by atoms with Gasteiger partial charge in [0.05, 0.1) is 7.11 Å². The number of amides is 1. The minimum Gasteiger partial charge on any atom is -0.493 e. The van der Waals surface area contributed by atoms with Gasteiger partial charge in [0.1, 0.15) is 24.1 Å². The number of benzene rings is 3. The predicted molar refractivity (Wildman–Crippen MR) is 125 cm³/mol. The van der Waals surface area contributed by atoms with Crippen LogP contribution in [0.15, 0.2) is 70.7 Å². The van der Waals surface area contributed by atoms with E-state index in [2.05, 4.69) is 21.2 Å². The van der Waals surface area contributed by atoms with Gasteiger partial charge in [0.2, 0.25) is 0 Å². The van der Waals surface area contributed by atoms with Crippen LogP contribution in [0.3, 0.4) is 0 Å². The number of anilines is 1. The summed E-state index contributed by atoms with van der Waals surface area (Å²) in [4.78, 5) is 12.6. The van der Waals surface area contributed by atoms with E-state index in [9.17, 15) is 14.4 Å². The zero-order chi connectivity index (χ0) is 23.1. The minimum absolute atomic E-state index is 0.0208. The Labute approximate surface area is 194 Å². The maximum Gasteiger partial charge on any atom is 0.266 e. The molecule has 0 aromatic heterocycles. The Morgan fingerprint density at radius 2 is 1.88 bits per heavy atom. The van der Waals surface area contributed by atoms with Crippen molar-refractivity contribution >= 4 is 33.6 Å². The Kier molecular flexibility index (Phi) is 7.63. The SMILES string of the molecule is COc1cc(/C=C(/C#N)C(=O)Nc2ccccc2C)c(Br)cc1OCc1ccccc1F. The number of nitrogens with zero attached hydrogens (tertiary/aromatic N) is 1. The molecule has 0 bridgehead atoms. The molecule has 32 heavy (non-hydrogen) atoms. The van der Waals surface area contributed by atoms with Crippen molar-refractivity contribution in [2.75, 3.05) is 12.4 Å². The molecule has 0 aliphatic rings. The van der Waals surface area contributed by atoms with Gasteiger partial charge in [-0.1, -0.05) is 52.3 Å². The van der Waals surface area contributed by atoms with Crippen LogP contribution in [0, 0.1) is 24.1 Å². The molecule has 0 aliphatic carbocycles. The number of carbonyl (C=O) groups excluding carboxylic acids is 1. The molecule has 0 radical (unpaired) electrons. The summed E-state index contributed by atoms with van der Waals surface area (Å²) >= 11 is 3.44. The number of methoxy groups -OCH3 is 1. The average Bonchev–Trinajstić information content (AvgIpc) is 2.79. The zero-order valence-electron chi connectivity index (χ0n) is 17.5. The number of para-hydroxylation sites is 1. The third-order valence-electron chi connectivity index (χ3n) is 4.68. The van der Waals surface area contributed by atoms with Gasteiger partial charge in [0, 0.05) is 15.7 Å². The maximum atomic E-state index is 13.9. The number of ether oxygens (including phenoxy) is 2. The van der Waals surface area contributed by atoms with Crippen LogP contribution in [0.25, 0.3) is 6.08 Å². The van der Waals surface area contributed by atoms with Crippen LogP contribution >= 0.6 is 15.9 Å². The lowest BCUT2D eigenvalue weighted by atomic mass is 10.1. The molecule has 0 saturated carbocycles. The van der Waals surface area contributed by atoms with Gasteiger partial charge in [-0.2, -0.15) is 5.26 Å². The second kappa shape index (κ2) is 10.6. The Bertz CT molecular complexity index is 1220.